The number of fused-ring (bicyclic) bond motifs is 2. The maximum absolute atomic E-state index is 13.6. The summed E-state index contributed by atoms with van der Waals surface area (Å²) in [5.74, 6) is -3.10. The van der Waals surface area contributed by atoms with Gasteiger partial charge in [0.15, 0.2) is 11.6 Å². The maximum atomic E-state index is 13.6. The molecule has 11 heteroatoms. The van der Waals surface area contributed by atoms with E-state index < -0.39 is 33.5 Å². The van der Waals surface area contributed by atoms with E-state index in [1.165, 1.54) is 86.6 Å². The van der Waals surface area contributed by atoms with E-state index in [1.807, 2.05) is 0 Å². The first-order valence-electron chi connectivity index (χ1n) is 12.9. The van der Waals surface area contributed by atoms with E-state index in [2.05, 4.69) is 0 Å². The zero-order chi connectivity index (χ0) is 30.8. The summed E-state index contributed by atoms with van der Waals surface area (Å²) >= 11 is 0. The Morgan fingerprint density at radius 1 is 0.488 bits per heavy atom. The number of sulfone groups is 1. The average molecular weight is 593 g/mol. The van der Waals surface area contributed by atoms with Crippen LogP contribution in [0.4, 0.5) is 11.4 Å². The monoisotopic (exact) mass is 592 g/mol. The van der Waals surface area contributed by atoms with Crippen molar-refractivity contribution in [2.45, 2.75) is 23.6 Å². The van der Waals surface area contributed by atoms with Crippen molar-refractivity contribution in [2.24, 2.45) is 0 Å². The predicted molar refractivity (Wildman–Crippen MR) is 154 cm³/mol. The molecule has 0 unspecified atom stereocenters. The molecule has 0 spiro atoms. The second kappa shape index (κ2) is 9.78. The summed E-state index contributed by atoms with van der Waals surface area (Å²) in [4.78, 5) is 77.0. The van der Waals surface area contributed by atoms with Crippen molar-refractivity contribution in [3.05, 3.63) is 118 Å². The molecule has 0 fully saturated rings. The summed E-state index contributed by atoms with van der Waals surface area (Å²) in [6, 6.07) is 18.9. The predicted octanol–water partition coefficient (Wildman–Crippen LogP) is 4.53. The van der Waals surface area contributed by atoms with Gasteiger partial charge in [0.25, 0.3) is 23.6 Å². The molecule has 2 aliphatic rings. The van der Waals surface area contributed by atoms with Crippen LogP contribution >= 0.6 is 0 Å². The molecule has 43 heavy (non-hydrogen) atoms. The van der Waals surface area contributed by atoms with E-state index in [0.717, 1.165) is 21.9 Å². The van der Waals surface area contributed by atoms with Gasteiger partial charge in [0.2, 0.25) is 9.84 Å². The second-order valence-corrected chi connectivity index (χ2v) is 12.0. The number of hydrogen-bond donors (Lipinski definition) is 0. The van der Waals surface area contributed by atoms with Gasteiger partial charge in [-0.2, -0.15) is 0 Å². The van der Waals surface area contributed by atoms with Gasteiger partial charge in [-0.05, 0) is 98.8 Å². The lowest BCUT2D eigenvalue weighted by atomic mass is 10.1. The minimum absolute atomic E-state index is 0.0146. The molecule has 0 saturated carbocycles. The van der Waals surface area contributed by atoms with Gasteiger partial charge in [0.1, 0.15) is 0 Å². The highest BCUT2D eigenvalue weighted by atomic mass is 32.2. The molecule has 0 saturated heterocycles. The third-order valence-corrected chi connectivity index (χ3v) is 9.15. The van der Waals surface area contributed by atoms with Gasteiger partial charge < -0.3 is 0 Å². The van der Waals surface area contributed by atoms with Crippen LogP contribution in [-0.2, 0) is 9.84 Å². The molecular weight excluding hydrogens is 572 g/mol. The Bertz CT molecular complexity index is 1920. The second-order valence-electron chi connectivity index (χ2n) is 10.0. The SMILES string of the molecule is CC(=O)c1ccc(N2C(=O)c3ccc(S(=O)(=O)c4ccc5c(c4)C(=O)N(c4ccc(C(C)=O)cc4)C5=O)cc3C2=O)cc1. The molecule has 0 aromatic heterocycles. The van der Waals surface area contributed by atoms with Gasteiger partial charge >= 0.3 is 0 Å². The molecule has 4 aromatic carbocycles. The number of amides is 4. The fourth-order valence-corrected chi connectivity index (χ4v) is 6.38. The van der Waals surface area contributed by atoms with Gasteiger partial charge in [-0.15, -0.1) is 0 Å². The molecule has 0 radical (unpaired) electrons. The van der Waals surface area contributed by atoms with Gasteiger partial charge in [-0.25, -0.2) is 18.2 Å². The number of ketones is 2. The van der Waals surface area contributed by atoms with Crippen LogP contribution in [0.25, 0.3) is 0 Å². The maximum Gasteiger partial charge on any atom is 0.266 e. The lowest BCUT2D eigenvalue weighted by molar-refractivity contribution is 0.0910. The number of hydrogen-bond acceptors (Lipinski definition) is 8. The van der Waals surface area contributed by atoms with Gasteiger partial charge in [0, 0.05) is 11.1 Å². The topological polar surface area (TPSA) is 143 Å². The Balaban J connectivity index is 1.32. The summed E-state index contributed by atoms with van der Waals surface area (Å²) in [5, 5.41) is 0. The number of carbonyl (C=O) groups is 6. The summed E-state index contributed by atoms with van der Waals surface area (Å²) in [7, 11) is -4.30. The van der Waals surface area contributed by atoms with Crippen LogP contribution in [-0.4, -0.2) is 43.6 Å². The Kier molecular flexibility index (Phi) is 6.28. The first-order chi connectivity index (χ1) is 20.4. The van der Waals surface area contributed by atoms with Crippen molar-refractivity contribution >= 4 is 56.4 Å². The lowest BCUT2D eigenvalue weighted by Gasteiger charge is -2.14. The highest BCUT2D eigenvalue weighted by molar-refractivity contribution is 7.91. The molecular formula is C32H20N2O8S. The van der Waals surface area contributed by atoms with E-state index in [1.54, 1.807) is 0 Å². The molecule has 4 aromatic rings. The van der Waals surface area contributed by atoms with Gasteiger partial charge in [-0.3, -0.25) is 28.8 Å². The number of rotatable bonds is 6. The van der Waals surface area contributed by atoms with Crippen molar-refractivity contribution in [2.75, 3.05) is 9.80 Å². The van der Waals surface area contributed by atoms with Crippen molar-refractivity contribution in [3.8, 4) is 0 Å². The quantitative estimate of drug-likeness (QED) is 0.235. The molecule has 4 amide bonds. The molecule has 0 aliphatic carbocycles. The average Bonchev–Trinajstić information content (AvgIpc) is 3.40. The van der Waals surface area contributed by atoms with E-state index in [4.69, 9.17) is 0 Å². The van der Waals surface area contributed by atoms with Crippen LogP contribution in [0.15, 0.2) is 94.7 Å². The summed E-state index contributed by atoms with van der Waals surface area (Å²) in [6.07, 6.45) is 0. The summed E-state index contributed by atoms with van der Waals surface area (Å²) < 4.78 is 27.3. The van der Waals surface area contributed by atoms with Gasteiger partial charge in [0.05, 0.1) is 43.4 Å². The van der Waals surface area contributed by atoms with Gasteiger partial charge in [-0.1, -0.05) is 0 Å². The fraction of sp³-hybridized carbons (Fsp3) is 0.0625. The Morgan fingerprint density at radius 2 is 0.814 bits per heavy atom. The van der Waals surface area contributed by atoms with Crippen LogP contribution in [0, 0.1) is 0 Å². The highest BCUT2D eigenvalue weighted by Gasteiger charge is 2.40. The zero-order valence-electron chi connectivity index (χ0n) is 22.7. The van der Waals surface area contributed by atoms with Crippen LogP contribution in [0.2, 0.25) is 0 Å². The molecule has 0 N–H and O–H groups in total. The lowest BCUT2D eigenvalue weighted by Crippen LogP contribution is -2.29. The first-order valence-corrected chi connectivity index (χ1v) is 14.4. The van der Waals surface area contributed by atoms with E-state index in [-0.39, 0.29) is 55.0 Å². The largest absolute Gasteiger partial charge is 0.295 e. The standard InChI is InChI=1S/C32H20N2O8S/c1-17(35)19-3-7-21(8-4-19)33-29(37)25-13-11-23(15-27(25)31(33)39)43(41,42)24-12-14-26-28(16-24)32(40)34(30(26)38)22-9-5-20(6-10-22)18(2)36/h3-16H,1-2H3. The molecule has 212 valence electrons. The number of benzene rings is 4. The normalized spacial score (nSPS) is 14.3. The number of carbonyl (C=O) groups excluding carboxylic acids is 6. The minimum atomic E-state index is -4.30. The Labute approximate surface area is 245 Å². The van der Waals surface area contributed by atoms with Crippen LogP contribution in [0.3, 0.4) is 0 Å². The van der Waals surface area contributed by atoms with Crippen molar-refractivity contribution < 1.29 is 37.2 Å². The number of anilines is 2. The Hall–Kier alpha value is -5.55. The van der Waals surface area contributed by atoms with Crippen LogP contribution < -0.4 is 9.80 Å². The number of imide groups is 2. The first kappa shape index (κ1) is 27.6. The molecule has 6 rings (SSSR count). The summed E-state index contributed by atoms with van der Waals surface area (Å²) in [6.45, 7) is 2.78. The fourth-order valence-electron chi connectivity index (χ4n) is 5.07. The van der Waals surface area contributed by atoms with Crippen LogP contribution in [0.1, 0.15) is 76.0 Å². The zero-order valence-corrected chi connectivity index (χ0v) is 23.5. The van der Waals surface area contributed by atoms with Crippen LogP contribution in [0.5, 0.6) is 0 Å². The number of Topliss-reactive ketones (excluding diaryl/α,β-unsaturated/α-hetero) is 2. The molecule has 2 heterocycles. The molecule has 0 bridgehead atoms. The third-order valence-electron chi connectivity index (χ3n) is 7.40. The Morgan fingerprint density at radius 3 is 1.14 bits per heavy atom. The molecule has 0 atom stereocenters. The third kappa shape index (κ3) is 4.29. The van der Waals surface area contributed by atoms with E-state index in [9.17, 15) is 37.2 Å². The van der Waals surface area contributed by atoms with E-state index >= 15 is 0 Å². The van der Waals surface area contributed by atoms with Crippen molar-refractivity contribution in [1.82, 2.24) is 0 Å². The van der Waals surface area contributed by atoms with Crippen molar-refractivity contribution in [3.63, 3.8) is 0 Å². The van der Waals surface area contributed by atoms with Crippen molar-refractivity contribution in [1.29, 1.82) is 0 Å². The summed E-state index contributed by atoms with van der Waals surface area (Å²) in [5.41, 5.74) is 1.05. The molecule has 2 aliphatic heterocycles. The highest BCUT2D eigenvalue weighted by Crippen LogP contribution is 2.34. The smallest absolute Gasteiger partial charge is 0.266 e. The van der Waals surface area contributed by atoms with E-state index in [0.29, 0.717) is 11.1 Å². The minimum Gasteiger partial charge on any atom is -0.295 e. The number of nitrogens with zero attached hydrogens (tertiary/aromatic N) is 2. The molecule has 10 nitrogen and oxygen atoms in total.